The summed E-state index contributed by atoms with van der Waals surface area (Å²) in [6, 6.07) is 0. The number of carbonyl (C=O) groups excluding carboxylic acids is 1. The average Bonchev–Trinajstić information content (AvgIpc) is 2.34. The summed E-state index contributed by atoms with van der Waals surface area (Å²) >= 11 is 0. The van der Waals surface area contributed by atoms with Crippen LogP contribution in [0.15, 0.2) is 12.3 Å². The van der Waals surface area contributed by atoms with Crippen LogP contribution in [0.4, 0.5) is 13.2 Å². The Bertz CT molecular complexity index is 222. The number of alkyl halides is 3. The molecule has 0 bridgehead atoms. The zero-order chi connectivity index (χ0) is 9.90. The molecule has 1 saturated heterocycles. The molecule has 0 N–H and O–H groups in total. The van der Waals surface area contributed by atoms with E-state index in [-0.39, 0.29) is 5.91 Å². The molecule has 1 rings (SSSR count). The molecule has 1 aliphatic rings. The Morgan fingerprint density at radius 3 is 2.62 bits per heavy atom. The van der Waals surface area contributed by atoms with Crippen molar-refractivity contribution in [1.29, 1.82) is 0 Å². The van der Waals surface area contributed by atoms with E-state index in [1.807, 2.05) is 0 Å². The molecule has 0 spiro atoms. The molecule has 1 amide bonds. The summed E-state index contributed by atoms with van der Waals surface area (Å²) in [5.41, 5.74) is 0. The molecular weight excluding hydrogens is 183 g/mol. The highest BCUT2D eigenvalue weighted by Gasteiger charge is 2.25. The summed E-state index contributed by atoms with van der Waals surface area (Å²) in [5, 5.41) is 0. The van der Waals surface area contributed by atoms with Crippen LogP contribution in [-0.2, 0) is 4.79 Å². The van der Waals surface area contributed by atoms with Crippen LogP contribution in [0.3, 0.4) is 0 Å². The van der Waals surface area contributed by atoms with E-state index < -0.39 is 12.6 Å². The number of allylic oxidation sites excluding steroid dienone is 1. The maximum Gasteiger partial charge on any atom is 0.392 e. The van der Waals surface area contributed by atoms with Crippen LogP contribution in [0.5, 0.6) is 0 Å². The van der Waals surface area contributed by atoms with Crippen molar-refractivity contribution in [2.24, 2.45) is 0 Å². The Morgan fingerprint density at radius 1 is 1.46 bits per heavy atom. The van der Waals surface area contributed by atoms with Gasteiger partial charge in [0, 0.05) is 19.2 Å². The van der Waals surface area contributed by atoms with Crippen LogP contribution in [0.2, 0.25) is 0 Å². The van der Waals surface area contributed by atoms with E-state index in [0.717, 1.165) is 12.5 Å². The molecular formula is C8H10F3NO. The van der Waals surface area contributed by atoms with E-state index >= 15 is 0 Å². The van der Waals surface area contributed by atoms with Gasteiger partial charge in [-0.3, -0.25) is 4.79 Å². The number of halogens is 3. The fourth-order valence-electron chi connectivity index (χ4n) is 1.14. The highest BCUT2D eigenvalue weighted by Crippen LogP contribution is 2.20. The number of nitrogens with zero attached hydrogens (tertiary/aromatic N) is 1. The second-order valence-electron chi connectivity index (χ2n) is 2.89. The lowest BCUT2D eigenvalue weighted by atomic mass is 10.4. The van der Waals surface area contributed by atoms with Crippen LogP contribution in [0, 0.1) is 0 Å². The van der Waals surface area contributed by atoms with Gasteiger partial charge in [0.2, 0.25) is 5.91 Å². The summed E-state index contributed by atoms with van der Waals surface area (Å²) in [6.07, 6.45) is -1.78. The van der Waals surface area contributed by atoms with Crippen LogP contribution >= 0.6 is 0 Å². The lowest BCUT2D eigenvalue weighted by Crippen LogP contribution is -2.17. The first-order valence-electron chi connectivity index (χ1n) is 4.02. The van der Waals surface area contributed by atoms with E-state index in [1.54, 1.807) is 0 Å². The molecule has 0 unspecified atom stereocenters. The maximum atomic E-state index is 11.7. The molecule has 2 nitrogen and oxygen atoms in total. The van der Waals surface area contributed by atoms with Crippen molar-refractivity contribution in [2.75, 3.05) is 6.54 Å². The summed E-state index contributed by atoms with van der Waals surface area (Å²) < 4.78 is 35.0. The molecule has 5 heteroatoms. The predicted octanol–water partition coefficient (Wildman–Crippen LogP) is 2.07. The SMILES string of the molecule is O=C1CCCN1/C=C/CC(F)(F)F. The number of amides is 1. The maximum absolute atomic E-state index is 11.7. The van der Waals surface area contributed by atoms with E-state index in [0.29, 0.717) is 13.0 Å². The minimum atomic E-state index is -4.18. The molecule has 74 valence electrons. The second-order valence-corrected chi connectivity index (χ2v) is 2.89. The van der Waals surface area contributed by atoms with Gasteiger partial charge >= 0.3 is 6.18 Å². The van der Waals surface area contributed by atoms with E-state index in [9.17, 15) is 18.0 Å². The third kappa shape index (κ3) is 3.48. The Kier molecular flexibility index (Phi) is 2.95. The van der Waals surface area contributed by atoms with Gasteiger partial charge in [-0.15, -0.1) is 0 Å². The summed E-state index contributed by atoms with van der Waals surface area (Å²) in [6.45, 7) is 0.535. The minimum Gasteiger partial charge on any atom is -0.319 e. The quantitative estimate of drug-likeness (QED) is 0.657. The van der Waals surface area contributed by atoms with Gasteiger partial charge in [0.1, 0.15) is 0 Å². The van der Waals surface area contributed by atoms with Crippen LogP contribution in [0.25, 0.3) is 0 Å². The third-order valence-electron chi connectivity index (χ3n) is 1.74. The molecule has 1 heterocycles. The average molecular weight is 193 g/mol. The van der Waals surface area contributed by atoms with Crippen LogP contribution in [-0.4, -0.2) is 23.5 Å². The summed E-state index contributed by atoms with van der Waals surface area (Å²) in [7, 11) is 0. The number of rotatable bonds is 2. The fraction of sp³-hybridized carbons (Fsp3) is 0.625. The highest BCUT2D eigenvalue weighted by atomic mass is 19.4. The molecule has 0 atom stereocenters. The van der Waals surface area contributed by atoms with Gasteiger partial charge in [-0.25, -0.2) is 0 Å². The van der Waals surface area contributed by atoms with Gasteiger partial charge in [0.25, 0.3) is 0 Å². The Hall–Kier alpha value is -1.00. The molecule has 13 heavy (non-hydrogen) atoms. The van der Waals surface area contributed by atoms with Crippen molar-refractivity contribution in [3.63, 3.8) is 0 Å². The Balaban J connectivity index is 2.35. The standard InChI is InChI=1S/C8H10F3NO/c9-8(10,11)4-2-6-12-5-1-3-7(12)13/h2,6H,1,3-5H2/b6-2+. The van der Waals surface area contributed by atoms with Gasteiger partial charge in [0.05, 0.1) is 6.42 Å². The van der Waals surface area contributed by atoms with Crippen LogP contribution in [0.1, 0.15) is 19.3 Å². The number of carbonyl (C=O) groups is 1. The van der Waals surface area contributed by atoms with Gasteiger partial charge in [-0.1, -0.05) is 6.08 Å². The zero-order valence-corrected chi connectivity index (χ0v) is 6.97. The van der Waals surface area contributed by atoms with Gasteiger partial charge < -0.3 is 4.90 Å². The van der Waals surface area contributed by atoms with E-state index in [4.69, 9.17) is 0 Å². The van der Waals surface area contributed by atoms with Crippen molar-refractivity contribution < 1.29 is 18.0 Å². The van der Waals surface area contributed by atoms with Gasteiger partial charge in [-0.2, -0.15) is 13.2 Å². The largest absolute Gasteiger partial charge is 0.392 e. The molecule has 0 aliphatic carbocycles. The van der Waals surface area contributed by atoms with E-state index in [1.165, 1.54) is 11.1 Å². The number of likely N-dealkylation sites (tertiary alicyclic amines) is 1. The molecule has 0 aromatic carbocycles. The van der Waals surface area contributed by atoms with Crippen molar-refractivity contribution in [1.82, 2.24) is 4.90 Å². The topological polar surface area (TPSA) is 20.3 Å². The molecule has 0 aromatic heterocycles. The smallest absolute Gasteiger partial charge is 0.319 e. The molecule has 1 aliphatic heterocycles. The van der Waals surface area contributed by atoms with E-state index in [2.05, 4.69) is 0 Å². The van der Waals surface area contributed by atoms with Crippen LogP contribution < -0.4 is 0 Å². The zero-order valence-electron chi connectivity index (χ0n) is 6.97. The molecule has 1 fully saturated rings. The highest BCUT2D eigenvalue weighted by molar-refractivity contribution is 5.79. The minimum absolute atomic E-state index is 0.0987. The van der Waals surface area contributed by atoms with Crippen molar-refractivity contribution >= 4 is 5.91 Å². The van der Waals surface area contributed by atoms with Crippen molar-refractivity contribution in [2.45, 2.75) is 25.4 Å². The predicted molar refractivity (Wildman–Crippen MR) is 40.8 cm³/mol. The van der Waals surface area contributed by atoms with Crippen molar-refractivity contribution in [3.8, 4) is 0 Å². The Morgan fingerprint density at radius 2 is 2.15 bits per heavy atom. The molecule has 0 radical (unpaired) electrons. The lowest BCUT2D eigenvalue weighted by molar-refractivity contribution is -0.127. The first-order chi connectivity index (χ1) is 5.99. The molecule has 0 aromatic rings. The monoisotopic (exact) mass is 193 g/mol. The van der Waals surface area contributed by atoms with Crippen molar-refractivity contribution in [3.05, 3.63) is 12.3 Å². The lowest BCUT2D eigenvalue weighted by Gasteiger charge is -2.08. The number of hydrogen-bond acceptors (Lipinski definition) is 1. The number of hydrogen-bond donors (Lipinski definition) is 0. The third-order valence-corrected chi connectivity index (χ3v) is 1.74. The normalized spacial score (nSPS) is 19.0. The Labute approximate surface area is 74.0 Å². The first-order valence-corrected chi connectivity index (χ1v) is 4.02. The first kappa shape index (κ1) is 10.1. The fourth-order valence-corrected chi connectivity index (χ4v) is 1.14. The summed E-state index contributed by atoms with van der Waals surface area (Å²) in [4.78, 5) is 12.2. The summed E-state index contributed by atoms with van der Waals surface area (Å²) in [5.74, 6) is -0.0987. The second kappa shape index (κ2) is 3.81. The van der Waals surface area contributed by atoms with Gasteiger partial charge in [-0.05, 0) is 6.42 Å². The molecule has 0 saturated carbocycles. The van der Waals surface area contributed by atoms with Gasteiger partial charge in [0.15, 0.2) is 0 Å².